The zero-order valence-electron chi connectivity index (χ0n) is 22.5. The van der Waals surface area contributed by atoms with Gasteiger partial charge in [-0.15, -0.1) is 0 Å². The molecule has 2 aliphatic rings. The van der Waals surface area contributed by atoms with Crippen LogP contribution in [0, 0.1) is 0 Å². The Bertz CT molecular complexity index is 1430. The molecule has 0 spiro atoms. The van der Waals surface area contributed by atoms with Crippen LogP contribution in [0.4, 0.5) is 0 Å². The fraction of sp³-hybridized carbons (Fsp3) is 0.233. The van der Waals surface area contributed by atoms with Crippen molar-refractivity contribution in [1.82, 2.24) is 15.3 Å². The molecule has 2 aliphatic heterocycles. The lowest BCUT2D eigenvalue weighted by Crippen LogP contribution is -2.43. The Kier molecular flexibility index (Phi) is 7.43. The van der Waals surface area contributed by atoms with Gasteiger partial charge < -0.3 is 24.3 Å². The van der Waals surface area contributed by atoms with Gasteiger partial charge in [-0.2, -0.15) is 5.01 Å². The van der Waals surface area contributed by atoms with Crippen molar-refractivity contribution in [3.8, 4) is 17.2 Å². The number of hydrazine groups is 1. The van der Waals surface area contributed by atoms with Crippen LogP contribution in [0.15, 0.2) is 84.6 Å². The summed E-state index contributed by atoms with van der Waals surface area (Å²) in [7, 11) is 5.79. The first-order valence-electron chi connectivity index (χ1n) is 12.6. The lowest BCUT2D eigenvalue weighted by molar-refractivity contribution is -0.138. The number of benzene rings is 3. The van der Waals surface area contributed by atoms with Gasteiger partial charge in [-0.05, 0) is 35.4 Å². The lowest BCUT2D eigenvalue weighted by Gasteiger charge is -2.33. The number of rotatable bonds is 8. The maximum Gasteiger partial charge on any atom is 0.337 e. The number of amides is 2. The van der Waals surface area contributed by atoms with Gasteiger partial charge in [0.2, 0.25) is 5.75 Å². The molecule has 206 valence electrons. The summed E-state index contributed by atoms with van der Waals surface area (Å²) >= 11 is 0. The van der Waals surface area contributed by atoms with Gasteiger partial charge in [-0.25, -0.2) is 9.80 Å². The fourth-order valence-corrected chi connectivity index (χ4v) is 5.26. The molecule has 5 rings (SSSR count). The minimum atomic E-state index is -0.949. The smallest absolute Gasteiger partial charge is 0.337 e. The van der Waals surface area contributed by atoms with E-state index in [1.54, 1.807) is 41.4 Å². The van der Waals surface area contributed by atoms with Crippen LogP contribution in [0.25, 0.3) is 0 Å². The van der Waals surface area contributed by atoms with E-state index in [-0.39, 0.29) is 11.5 Å². The van der Waals surface area contributed by atoms with E-state index < -0.39 is 30.0 Å². The Labute approximate surface area is 231 Å². The van der Waals surface area contributed by atoms with Crippen molar-refractivity contribution in [3.05, 3.63) is 101 Å². The van der Waals surface area contributed by atoms with Crippen molar-refractivity contribution in [3.63, 3.8) is 0 Å². The molecular formula is C30H29N3O7. The highest BCUT2D eigenvalue weighted by molar-refractivity contribution is 5.99. The second-order valence-electron chi connectivity index (χ2n) is 9.17. The topological polar surface area (TPSA) is 107 Å². The first-order valence-corrected chi connectivity index (χ1v) is 12.6. The molecule has 3 atom stereocenters. The van der Waals surface area contributed by atoms with Crippen molar-refractivity contribution < 1.29 is 33.3 Å². The molecule has 1 N–H and O–H groups in total. The summed E-state index contributed by atoms with van der Waals surface area (Å²) in [6, 6.07) is 19.1. The summed E-state index contributed by atoms with van der Waals surface area (Å²) in [6.07, 6.45) is 1.46. The van der Waals surface area contributed by atoms with Gasteiger partial charge in [0.05, 0.1) is 46.1 Å². The number of hydrogen-bond acceptors (Lipinski definition) is 8. The highest BCUT2D eigenvalue weighted by atomic mass is 16.5. The van der Waals surface area contributed by atoms with E-state index in [1.165, 1.54) is 39.6 Å². The zero-order valence-corrected chi connectivity index (χ0v) is 22.5. The summed E-state index contributed by atoms with van der Waals surface area (Å²) in [4.78, 5) is 40.2. The van der Waals surface area contributed by atoms with E-state index in [9.17, 15) is 14.4 Å². The predicted molar refractivity (Wildman–Crippen MR) is 145 cm³/mol. The third kappa shape index (κ3) is 4.52. The largest absolute Gasteiger partial charge is 0.493 e. The second-order valence-corrected chi connectivity index (χ2v) is 9.17. The number of esters is 1. The molecule has 2 heterocycles. The third-order valence-electron chi connectivity index (χ3n) is 7.05. The van der Waals surface area contributed by atoms with Crippen molar-refractivity contribution in [2.24, 2.45) is 0 Å². The van der Waals surface area contributed by atoms with Crippen LogP contribution >= 0.6 is 0 Å². The van der Waals surface area contributed by atoms with E-state index in [1.807, 2.05) is 36.4 Å². The quantitative estimate of drug-likeness (QED) is 0.431. The van der Waals surface area contributed by atoms with Crippen molar-refractivity contribution in [2.45, 2.75) is 18.1 Å². The van der Waals surface area contributed by atoms with Crippen LogP contribution in [0.1, 0.15) is 33.6 Å². The minimum Gasteiger partial charge on any atom is -0.493 e. The molecule has 0 radical (unpaired) electrons. The molecule has 0 unspecified atom stereocenters. The average Bonchev–Trinajstić information content (AvgIpc) is 3.51. The summed E-state index contributed by atoms with van der Waals surface area (Å²) in [5.74, 6) is -0.223. The Hall–Kier alpha value is -4.83. The van der Waals surface area contributed by atoms with E-state index in [0.29, 0.717) is 28.4 Å². The number of carbonyl (C=O) groups is 3. The summed E-state index contributed by atoms with van der Waals surface area (Å²) in [5.41, 5.74) is 2.03. The third-order valence-corrected chi connectivity index (χ3v) is 7.05. The molecule has 1 saturated heterocycles. The van der Waals surface area contributed by atoms with E-state index >= 15 is 0 Å². The fourth-order valence-electron chi connectivity index (χ4n) is 5.26. The lowest BCUT2D eigenvalue weighted by atomic mass is 9.93. The molecule has 2 amide bonds. The van der Waals surface area contributed by atoms with Crippen LogP contribution < -0.4 is 19.5 Å². The summed E-state index contributed by atoms with van der Waals surface area (Å²) in [5, 5.41) is 6.09. The highest BCUT2D eigenvalue weighted by Gasteiger charge is 2.55. The molecule has 0 bridgehead atoms. The first kappa shape index (κ1) is 26.8. The first-order chi connectivity index (χ1) is 19.4. The molecule has 3 aromatic rings. The highest BCUT2D eigenvalue weighted by Crippen LogP contribution is 2.50. The molecule has 0 saturated carbocycles. The maximum absolute atomic E-state index is 13.9. The summed E-state index contributed by atoms with van der Waals surface area (Å²) < 4.78 is 21.7. The second kappa shape index (κ2) is 11.1. The van der Waals surface area contributed by atoms with E-state index in [4.69, 9.17) is 18.9 Å². The molecule has 10 nitrogen and oxygen atoms in total. The van der Waals surface area contributed by atoms with Crippen LogP contribution in [-0.4, -0.2) is 62.3 Å². The number of carbonyl (C=O) groups excluding carboxylic acids is 3. The Morgan fingerprint density at radius 2 is 1.40 bits per heavy atom. The Morgan fingerprint density at radius 3 is 1.95 bits per heavy atom. The van der Waals surface area contributed by atoms with Crippen molar-refractivity contribution >= 4 is 17.8 Å². The van der Waals surface area contributed by atoms with Crippen LogP contribution in [0.5, 0.6) is 17.2 Å². The molecular weight excluding hydrogens is 514 g/mol. The molecule has 1 fully saturated rings. The predicted octanol–water partition coefficient (Wildman–Crippen LogP) is 3.42. The van der Waals surface area contributed by atoms with Gasteiger partial charge in [0.15, 0.2) is 11.5 Å². The maximum atomic E-state index is 13.9. The number of nitrogens with one attached hydrogen (secondary N) is 1. The van der Waals surface area contributed by atoms with Gasteiger partial charge in [-0.1, -0.05) is 48.5 Å². The Balaban J connectivity index is 1.66. The summed E-state index contributed by atoms with van der Waals surface area (Å²) in [6.45, 7) is 0. The standard InChI is InChI=1S/C30H29N3O7/c1-37-22-15-20(16-23(38-2)27(22)39-3)25-21(30(36)40-4)17-32-29(35)24(31-28(34)19-13-9-6-10-14-19)26(33(25)32)18-11-7-5-8-12-18/h5-17,24-26H,1-4H3,(H,31,34)/t24-,25+,26-/m1/s1. The molecule has 10 heteroatoms. The van der Waals surface area contributed by atoms with Gasteiger partial charge in [0.25, 0.3) is 11.8 Å². The SMILES string of the molecule is COC(=O)C1=CN2C(=O)[C@H](NC(=O)c3ccccc3)[C@@H](c3ccccc3)N2[C@H]1c1cc(OC)c(OC)c(OC)c1. The van der Waals surface area contributed by atoms with E-state index in [0.717, 1.165) is 5.56 Å². The van der Waals surface area contributed by atoms with Crippen LogP contribution in [-0.2, 0) is 14.3 Å². The molecule has 40 heavy (non-hydrogen) atoms. The van der Waals surface area contributed by atoms with Crippen LogP contribution in [0.3, 0.4) is 0 Å². The zero-order chi connectivity index (χ0) is 28.4. The normalized spacial score (nSPS) is 20.0. The monoisotopic (exact) mass is 543 g/mol. The number of ether oxygens (including phenoxy) is 4. The van der Waals surface area contributed by atoms with Crippen molar-refractivity contribution in [1.29, 1.82) is 0 Å². The number of hydrogen-bond donors (Lipinski definition) is 1. The number of methoxy groups -OCH3 is 4. The van der Waals surface area contributed by atoms with Gasteiger partial charge in [0.1, 0.15) is 6.04 Å². The van der Waals surface area contributed by atoms with E-state index in [2.05, 4.69) is 5.32 Å². The minimum absolute atomic E-state index is 0.235. The number of nitrogens with zero attached hydrogens (tertiary/aromatic N) is 2. The van der Waals surface area contributed by atoms with Gasteiger partial charge in [-0.3, -0.25) is 9.59 Å². The molecule has 3 aromatic carbocycles. The molecule has 0 aliphatic carbocycles. The van der Waals surface area contributed by atoms with Crippen molar-refractivity contribution in [2.75, 3.05) is 28.4 Å². The molecule has 0 aromatic heterocycles. The Morgan fingerprint density at radius 1 is 0.800 bits per heavy atom. The van der Waals surface area contributed by atoms with Crippen LogP contribution in [0.2, 0.25) is 0 Å². The van der Waals surface area contributed by atoms with Gasteiger partial charge >= 0.3 is 5.97 Å². The average molecular weight is 544 g/mol. The number of fused-ring (bicyclic) bond motifs is 1. The van der Waals surface area contributed by atoms with Gasteiger partial charge in [0, 0.05) is 11.8 Å².